The summed E-state index contributed by atoms with van der Waals surface area (Å²) in [6.45, 7) is 5.99. The van der Waals surface area contributed by atoms with Crippen molar-refractivity contribution in [3.05, 3.63) is 0 Å². The van der Waals surface area contributed by atoms with Crippen LogP contribution in [0.3, 0.4) is 0 Å². The largest absolute Gasteiger partial charge is 0.376 e. The molecule has 1 heterocycles. The van der Waals surface area contributed by atoms with E-state index >= 15 is 0 Å². The molecule has 0 radical (unpaired) electrons. The lowest BCUT2D eigenvalue weighted by molar-refractivity contribution is -0.147. The Kier molecular flexibility index (Phi) is 6.31. The van der Waals surface area contributed by atoms with Gasteiger partial charge in [0.05, 0.1) is 19.8 Å². The summed E-state index contributed by atoms with van der Waals surface area (Å²) in [6, 6.07) is 0. The molecule has 0 spiro atoms. The predicted octanol–water partition coefficient (Wildman–Crippen LogP) is -0.482. The zero-order valence-corrected chi connectivity index (χ0v) is 9.25. The van der Waals surface area contributed by atoms with Crippen LogP contribution in [0.5, 0.6) is 0 Å². The maximum absolute atomic E-state index is 11.5. The molecule has 0 saturated carbocycles. The summed E-state index contributed by atoms with van der Waals surface area (Å²) in [5, 5.41) is 6.01. The molecule has 1 saturated heterocycles. The lowest BCUT2D eigenvalue weighted by atomic mass is 10.3. The zero-order valence-electron chi connectivity index (χ0n) is 9.25. The summed E-state index contributed by atoms with van der Waals surface area (Å²) >= 11 is 0. The average Bonchev–Trinajstić information content (AvgIpc) is 2.30. The molecule has 5 heteroatoms. The lowest BCUT2D eigenvalue weighted by Crippen LogP contribution is -2.44. The summed E-state index contributed by atoms with van der Waals surface area (Å²) in [5.74, 6) is -0.0759. The highest BCUT2D eigenvalue weighted by Gasteiger charge is 2.21. The average molecular weight is 216 g/mol. The molecule has 1 atom stereocenters. The Morgan fingerprint density at radius 2 is 2.20 bits per heavy atom. The molecule has 1 unspecified atom stereocenters. The molecule has 0 aliphatic carbocycles. The number of ether oxygens (including phenoxy) is 2. The van der Waals surface area contributed by atoms with E-state index < -0.39 is 6.10 Å². The van der Waals surface area contributed by atoms with Gasteiger partial charge in [-0.3, -0.25) is 4.79 Å². The summed E-state index contributed by atoms with van der Waals surface area (Å²) in [7, 11) is 0. The monoisotopic (exact) mass is 216 g/mol. The van der Waals surface area contributed by atoms with Crippen LogP contribution >= 0.6 is 0 Å². The van der Waals surface area contributed by atoms with Gasteiger partial charge < -0.3 is 20.1 Å². The molecule has 88 valence electrons. The molecule has 0 aromatic heterocycles. The highest BCUT2D eigenvalue weighted by Crippen LogP contribution is 1.99. The van der Waals surface area contributed by atoms with E-state index in [2.05, 4.69) is 17.6 Å². The third-order valence-electron chi connectivity index (χ3n) is 2.14. The second-order valence-electron chi connectivity index (χ2n) is 3.48. The van der Waals surface area contributed by atoms with Crippen LogP contribution in [-0.2, 0) is 14.3 Å². The standard InChI is InChI=1S/C10H20N2O3/c1-2-3-11-4-5-12-10(13)9-8-14-6-7-15-9/h9,11H,2-8H2,1H3,(H,12,13). The predicted molar refractivity (Wildman–Crippen MR) is 56.7 cm³/mol. The number of carbonyl (C=O) groups excluding carboxylic acids is 1. The van der Waals surface area contributed by atoms with E-state index in [1.54, 1.807) is 0 Å². The van der Waals surface area contributed by atoms with Gasteiger partial charge in [-0.15, -0.1) is 0 Å². The summed E-state index contributed by atoms with van der Waals surface area (Å²) < 4.78 is 10.4. The minimum absolute atomic E-state index is 0.0759. The Labute approximate surface area is 90.5 Å². The maximum Gasteiger partial charge on any atom is 0.251 e. The molecule has 2 N–H and O–H groups in total. The van der Waals surface area contributed by atoms with Gasteiger partial charge in [0.25, 0.3) is 5.91 Å². The van der Waals surface area contributed by atoms with E-state index in [0.29, 0.717) is 26.4 Å². The quantitative estimate of drug-likeness (QED) is 0.589. The minimum Gasteiger partial charge on any atom is -0.376 e. The molecule has 15 heavy (non-hydrogen) atoms. The second kappa shape index (κ2) is 7.62. The van der Waals surface area contributed by atoms with Crippen molar-refractivity contribution in [2.24, 2.45) is 0 Å². The number of hydrogen-bond donors (Lipinski definition) is 2. The maximum atomic E-state index is 11.5. The topological polar surface area (TPSA) is 59.6 Å². The first-order chi connectivity index (χ1) is 7.34. The van der Waals surface area contributed by atoms with Crippen molar-refractivity contribution < 1.29 is 14.3 Å². The Morgan fingerprint density at radius 1 is 1.33 bits per heavy atom. The van der Waals surface area contributed by atoms with E-state index in [0.717, 1.165) is 19.5 Å². The molecule has 1 aliphatic rings. The van der Waals surface area contributed by atoms with E-state index in [1.165, 1.54) is 0 Å². The third-order valence-corrected chi connectivity index (χ3v) is 2.14. The Bertz CT molecular complexity index is 182. The van der Waals surface area contributed by atoms with Gasteiger partial charge in [-0.25, -0.2) is 0 Å². The van der Waals surface area contributed by atoms with Crippen molar-refractivity contribution in [2.45, 2.75) is 19.4 Å². The van der Waals surface area contributed by atoms with Gasteiger partial charge in [-0.1, -0.05) is 6.92 Å². The van der Waals surface area contributed by atoms with Gasteiger partial charge in [-0.2, -0.15) is 0 Å². The van der Waals surface area contributed by atoms with Crippen molar-refractivity contribution in [1.82, 2.24) is 10.6 Å². The molecule has 1 amide bonds. The van der Waals surface area contributed by atoms with Crippen LogP contribution in [0.4, 0.5) is 0 Å². The first kappa shape index (κ1) is 12.4. The van der Waals surface area contributed by atoms with Gasteiger partial charge in [0, 0.05) is 13.1 Å². The van der Waals surface area contributed by atoms with Crippen molar-refractivity contribution >= 4 is 5.91 Å². The Morgan fingerprint density at radius 3 is 2.87 bits per heavy atom. The van der Waals surface area contributed by atoms with E-state index in [9.17, 15) is 4.79 Å². The second-order valence-corrected chi connectivity index (χ2v) is 3.48. The van der Waals surface area contributed by atoms with Crippen molar-refractivity contribution in [1.29, 1.82) is 0 Å². The number of hydrogen-bond acceptors (Lipinski definition) is 4. The molecule has 1 aliphatic heterocycles. The number of nitrogens with one attached hydrogen (secondary N) is 2. The third kappa shape index (κ3) is 5.11. The fraction of sp³-hybridized carbons (Fsp3) is 0.900. The molecular formula is C10H20N2O3. The number of amides is 1. The molecule has 0 aromatic carbocycles. The van der Waals surface area contributed by atoms with Gasteiger partial charge >= 0.3 is 0 Å². The molecule has 1 rings (SSSR count). The van der Waals surface area contributed by atoms with Crippen LogP contribution in [0.1, 0.15) is 13.3 Å². The van der Waals surface area contributed by atoms with E-state index in [4.69, 9.17) is 9.47 Å². The van der Waals surface area contributed by atoms with Crippen LogP contribution < -0.4 is 10.6 Å². The summed E-state index contributed by atoms with van der Waals surface area (Å²) in [5.41, 5.74) is 0. The van der Waals surface area contributed by atoms with Gasteiger partial charge in [0.1, 0.15) is 0 Å². The Hall–Kier alpha value is -0.650. The van der Waals surface area contributed by atoms with Crippen LogP contribution in [0.2, 0.25) is 0 Å². The zero-order chi connectivity index (χ0) is 10.9. The molecule has 0 bridgehead atoms. The minimum atomic E-state index is -0.426. The smallest absolute Gasteiger partial charge is 0.251 e. The van der Waals surface area contributed by atoms with Gasteiger partial charge in [-0.05, 0) is 13.0 Å². The van der Waals surface area contributed by atoms with E-state index in [-0.39, 0.29) is 5.91 Å². The lowest BCUT2D eigenvalue weighted by Gasteiger charge is -2.22. The molecule has 5 nitrogen and oxygen atoms in total. The first-order valence-electron chi connectivity index (χ1n) is 5.52. The highest BCUT2D eigenvalue weighted by molar-refractivity contribution is 5.80. The Balaban J connectivity index is 2.02. The van der Waals surface area contributed by atoms with Crippen LogP contribution in [0.25, 0.3) is 0 Å². The summed E-state index contributed by atoms with van der Waals surface area (Å²) in [4.78, 5) is 11.5. The van der Waals surface area contributed by atoms with Crippen molar-refractivity contribution in [3.63, 3.8) is 0 Å². The number of carbonyl (C=O) groups is 1. The van der Waals surface area contributed by atoms with Gasteiger partial charge in [0.2, 0.25) is 0 Å². The fourth-order valence-electron chi connectivity index (χ4n) is 1.33. The first-order valence-corrected chi connectivity index (χ1v) is 5.52. The van der Waals surface area contributed by atoms with Crippen LogP contribution in [-0.4, -0.2) is 51.5 Å². The number of rotatable bonds is 6. The van der Waals surface area contributed by atoms with Crippen LogP contribution in [0, 0.1) is 0 Å². The molecular weight excluding hydrogens is 196 g/mol. The van der Waals surface area contributed by atoms with Crippen molar-refractivity contribution in [2.75, 3.05) is 39.5 Å². The normalized spacial score (nSPS) is 21.3. The fourth-order valence-corrected chi connectivity index (χ4v) is 1.33. The molecule has 0 aromatic rings. The van der Waals surface area contributed by atoms with E-state index in [1.807, 2.05) is 0 Å². The summed E-state index contributed by atoms with van der Waals surface area (Å²) in [6.07, 6.45) is 0.679. The molecule has 1 fully saturated rings. The van der Waals surface area contributed by atoms with Gasteiger partial charge in [0.15, 0.2) is 6.10 Å². The van der Waals surface area contributed by atoms with Crippen LogP contribution in [0.15, 0.2) is 0 Å². The SMILES string of the molecule is CCCNCCNC(=O)C1COCCO1. The highest BCUT2D eigenvalue weighted by atomic mass is 16.6. The van der Waals surface area contributed by atoms with Crippen molar-refractivity contribution in [3.8, 4) is 0 Å².